The molecule has 0 saturated heterocycles. The van der Waals surface area contributed by atoms with Gasteiger partial charge in [0, 0.05) is 17.3 Å². The molecule has 0 spiro atoms. The number of benzene rings is 3. The summed E-state index contributed by atoms with van der Waals surface area (Å²) in [6.07, 6.45) is 7.56. The summed E-state index contributed by atoms with van der Waals surface area (Å²) in [5, 5.41) is 10.2. The van der Waals surface area contributed by atoms with Gasteiger partial charge >= 0.3 is 0 Å². The zero-order valence-electron chi connectivity index (χ0n) is 19.8. The van der Waals surface area contributed by atoms with Crippen molar-refractivity contribution in [2.24, 2.45) is 0 Å². The second-order valence-corrected chi connectivity index (χ2v) is 8.90. The maximum Gasteiger partial charge on any atom is 0.144 e. The minimum Gasteiger partial charge on any atom is -0.261 e. The number of fused-ring (bicyclic) bond motifs is 1. The zero-order chi connectivity index (χ0) is 24.8. The highest BCUT2D eigenvalue weighted by Crippen LogP contribution is 2.25. The van der Waals surface area contributed by atoms with Gasteiger partial charge in [-0.2, -0.15) is 5.26 Å². The Labute approximate surface area is 204 Å². The number of hydrogen-bond donors (Lipinski definition) is 0. The first-order chi connectivity index (χ1) is 17.0. The number of halogens is 3. The van der Waals surface area contributed by atoms with Gasteiger partial charge in [-0.1, -0.05) is 49.7 Å². The molecule has 1 aromatic heterocycles. The smallest absolute Gasteiger partial charge is 0.144 e. The van der Waals surface area contributed by atoms with Gasteiger partial charge < -0.3 is 0 Å². The molecule has 3 aromatic carbocycles. The summed E-state index contributed by atoms with van der Waals surface area (Å²) in [4.78, 5) is 4.58. The van der Waals surface area contributed by atoms with E-state index in [4.69, 9.17) is 5.26 Å². The first-order valence-corrected chi connectivity index (χ1v) is 12.0. The van der Waals surface area contributed by atoms with Crippen LogP contribution < -0.4 is 0 Å². The van der Waals surface area contributed by atoms with Gasteiger partial charge in [0.1, 0.15) is 29.1 Å². The third-order valence-corrected chi connectivity index (χ3v) is 6.37. The van der Waals surface area contributed by atoms with Crippen molar-refractivity contribution in [3.63, 3.8) is 0 Å². The van der Waals surface area contributed by atoms with E-state index < -0.39 is 17.2 Å². The van der Waals surface area contributed by atoms with Crippen LogP contribution in [0.2, 0.25) is 0 Å². The van der Waals surface area contributed by atoms with Gasteiger partial charge in [-0.05, 0) is 84.4 Å². The Kier molecular flexibility index (Phi) is 7.82. The average molecular weight is 473 g/mol. The van der Waals surface area contributed by atoms with Crippen LogP contribution >= 0.6 is 0 Å². The topological polar surface area (TPSA) is 36.7 Å². The van der Waals surface area contributed by atoms with Gasteiger partial charge in [-0.3, -0.25) is 4.98 Å². The highest BCUT2D eigenvalue weighted by molar-refractivity contribution is 5.84. The normalized spacial score (nSPS) is 11.1. The first-order valence-electron chi connectivity index (χ1n) is 12.0. The summed E-state index contributed by atoms with van der Waals surface area (Å²) < 4.78 is 42.9. The third-order valence-electron chi connectivity index (χ3n) is 6.37. The molecule has 0 aliphatic carbocycles. The lowest BCUT2D eigenvalue weighted by Crippen LogP contribution is -2.00. The van der Waals surface area contributed by atoms with E-state index in [2.05, 4.69) is 24.0 Å². The van der Waals surface area contributed by atoms with E-state index >= 15 is 4.39 Å². The molecular weight excluding hydrogens is 445 g/mol. The van der Waals surface area contributed by atoms with Crippen LogP contribution in [0.4, 0.5) is 13.2 Å². The fraction of sp³-hybridized carbons (Fsp3) is 0.267. The second kappa shape index (κ2) is 11.2. The minimum absolute atomic E-state index is 0.268. The molecule has 0 aliphatic rings. The number of hydrogen-bond acceptors (Lipinski definition) is 2. The van der Waals surface area contributed by atoms with Crippen LogP contribution in [0.3, 0.4) is 0 Å². The molecular formula is C30H27F3N2. The Morgan fingerprint density at radius 3 is 2.20 bits per heavy atom. The molecule has 0 unspecified atom stereocenters. The Hall–Kier alpha value is -3.65. The zero-order valence-corrected chi connectivity index (χ0v) is 19.8. The lowest BCUT2D eigenvalue weighted by Gasteiger charge is -2.10. The lowest BCUT2D eigenvalue weighted by molar-refractivity contribution is 0.572. The van der Waals surface area contributed by atoms with Crippen LogP contribution in [0, 0.1) is 28.8 Å². The third kappa shape index (κ3) is 5.89. The molecule has 5 heteroatoms. The van der Waals surface area contributed by atoms with Gasteiger partial charge in [0.25, 0.3) is 0 Å². The molecule has 0 radical (unpaired) electrons. The molecule has 2 nitrogen and oxygen atoms in total. The van der Waals surface area contributed by atoms with Gasteiger partial charge in [0.2, 0.25) is 0 Å². The summed E-state index contributed by atoms with van der Waals surface area (Å²) in [5.41, 5.74) is 3.71. The van der Waals surface area contributed by atoms with Crippen LogP contribution in [0.15, 0.2) is 60.8 Å². The van der Waals surface area contributed by atoms with Crippen molar-refractivity contribution in [1.82, 2.24) is 4.98 Å². The molecule has 1 heterocycles. The van der Waals surface area contributed by atoms with Gasteiger partial charge in [0.15, 0.2) is 0 Å². The Bertz CT molecular complexity index is 1350. The number of aromatic nitrogens is 1. The fourth-order valence-electron chi connectivity index (χ4n) is 4.30. The SMILES string of the molecule is CCCCc1ccc(CCc2ccc3c(F)c(CCc4cc(F)c(C#N)c(F)c4)ccc3c2)nc1. The van der Waals surface area contributed by atoms with Crippen molar-refractivity contribution in [3.8, 4) is 6.07 Å². The van der Waals surface area contributed by atoms with E-state index in [-0.39, 0.29) is 12.2 Å². The molecule has 0 bridgehead atoms. The van der Waals surface area contributed by atoms with Crippen LogP contribution in [-0.2, 0) is 32.1 Å². The lowest BCUT2D eigenvalue weighted by atomic mass is 9.97. The fourth-order valence-corrected chi connectivity index (χ4v) is 4.30. The molecule has 0 amide bonds. The van der Waals surface area contributed by atoms with Crippen molar-refractivity contribution in [1.29, 1.82) is 5.26 Å². The monoisotopic (exact) mass is 472 g/mol. The number of pyridine rings is 1. The average Bonchev–Trinajstić information content (AvgIpc) is 2.86. The van der Waals surface area contributed by atoms with Gasteiger partial charge in [-0.15, -0.1) is 0 Å². The molecule has 178 valence electrons. The summed E-state index contributed by atoms with van der Waals surface area (Å²) in [7, 11) is 0. The summed E-state index contributed by atoms with van der Waals surface area (Å²) in [5.74, 6) is -2.10. The standard InChI is InChI=1S/C30H27F3N2/c1-2-3-4-21-7-13-25(35-19-21)12-6-20-8-14-26-24(15-20)11-10-23(30(26)33)9-5-22-16-28(31)27(18-34)29(32)17-22/h7-8,10-11,13-17,19H,2-6,9,12H2,1H3. The van der Waals surface area contributed by atoms with E-state index in [0.717, 1.165) is 48.0 Å². The number of aryl methyl sites for hydroxylation is 5. The predicted molar refractivity (Wildman–Crippen MR) is 133 cm³/mol. The van der Waals surface area contributed by atoms with Crippen molar-refractivity contribution in [2.45, 2.75) is 51.9 Å². The van der Waals surface area contributed by atoms with E-state index in [0.29, 0.717) is 22.9 Å². The Balaban J connectivity index is 1.42. The highest BCUT2D eigenvalue weighted by Gasteiger charge is 2.13. The van der Waals surface area contributed by atoms with Crippen molar-refractivity contribution < 1.29 is 13.2 Å². The quantitative estimate of drug-likeness (QED) is 0.254. The van der Waals surface area contributed by atoms with E-state index in [1.54, 1.807) is 12.1 Å². The van der Waals surface area contributed by atoms with Crippen LogP contribution in [0.5, 0.6) is 0 Å². The second-order valence-electron chi connectivity index (χ2n) is 8.90. The molecule has 0 aliphatic heterocycles. The maximum absolute atomic E-state index is 15.2. The van der Waals surface area contributed by atoms with Crippen LogP contribution in [0.25, 0.3) is 10.8 Å². The maximum atomic E-state index is 15.2. The summed E-state index contributed by atoms with van der Waals surface area (Å²) >= 11 is 0. The number of unbranched alkanes of at least 4 members (excludes halogenated alkanes) is 1. The largest absolute Gasteiger partial charge is 0.261 e. The Morgan fingerprint density at radius 1 is 0.771 bits per heavy atom. The van der Waals surface area contributed by atoms with Crippen LogP contribution in [-0.4, -0.2) is 4.98 Å². The molecule has 35 heavy (non-hydrogen) atoms. The molecule has 4 aromatic rings. The van der Waals surface area contributed by atoms with Crippen molar-refractivity contribution in [3.05, 3.63) is 112 Å². The van der Waals surface area contributed by atoms with Gasteiger partial charge in [0.05, 0.1) is 0 Å². The predicted octanol–water partition coefficient (Wildman–Crippen LogP) is 7.44. The Morgan fingerprint density at radius 2 is 1.51 bits per heavy atom. The molecule has 0 saturated carbocycles. The minimum atomic E-state index is -0.892. The molecule has 0 atom stereocenters. The van der Waals surface area contributed by atoms with Crippen molar-refractivity contribution in [2.75, 3.05) is 0 Å². The highest BCUT2D eigenvalue weighted by atomic mass is 19.1. The molecule has 0 fully saturated rings. The van der Waals surface area contributed by atoms with Crippen LogP contribution in [0.1, 0.15) is 53.3 Å². The van der Waals surface area contributed by atoms with Crippen molar-refractivity contribution >= 4 is 10.8 Å². The van der Waals surface area contributed by atoms with E-state index in [1.807, 2.05) is 24.4 Å². The van der Waals surface area contributed by atoms with E-state index in [1.165, 1.54) is 24.5 Å². The van der Waals surface area contributed by atoms with E-state index in [9.17, 15) is 8.78 Å². The summed E-state index contributed by atoms with van der Waals surface area (Å²) in [6, 6.07) is 17.4. The number of nitriles is 1. The first kappa shape index (κ1) is 24.5. The molecule has 0 N–H and O–H groups in total. The summed E-state index contributed by atoms with van der Waals surface area (Å²) in [6.45, 7) is 2.18. The van der Waals surface area contributed by atoms with Gasteiger partial charge in [-0.25, -0.2) is 13.2 Å². The number of nitrogens with zero attached hydrogens (tertiary/aromatic N) is 2. The molecule has 4 rings (SSSR count). The number of rotatable bonds is 9.